The summed E-state index contributed by atoms with van der Waals surface area (Å²) < 4.78 is 5.70. The molecule has 1 atom stereocenters. The average molecular weight is 184 g/mol. The van der Waals surface area contributed by atoms with Gasteiger partial charge in [0.2, 0.25) is 0 Å². The minimum absolute atomic E-state index is 0.279. The van der Waals surface area contributed by atoms with Crippen LogP contribution in [0.1, 0.15) is 52.9 Å². The Morgan fingerprint density at radius 1 is 1.23 bits per heavy atom. The van der Waals surface area contributed by atoms with E-state index in [-0.39, 0.29) is 6.10 Å². The summed E-state index contributed by atoms with van der Waals surface area (Å²) in [4.78, 5) is 0. The second kappa shape index (κ2) is 8.31. The SMILES string of the molecule is C=C(C)C(CC)OCCCCCC. The monoisotopic (exact) mass is 184 g/mol. The molecule has 1 unspecified atom stereocenters. The fourth-order valence-corrected chi connectivity index (χ4v) is 1.36. The van der Waals surface area contributed by atoms with E-state index in [0.29, 0.717) is 0 Å². The van der Waals surface area contributed by atoms with Crippen LogP contribution in [0.3, 0.4) is 0 Å². The lowest BCUT2D eigenvalue weighted by molar-refractivity contribution is 0.0723. The minimum atomic E-state index is 0.279. The molecule has 1 nitrogen and oxygen atoms in total. The Morgan fingerprint density at radius 3 is 2.38 bits per heavy atom. The highest BCUT2D eigenvalue weighted by atomic mass is 16.5. The first kappa shape index (κ1) is 12.7. The standard InChI is InChI=1S/C12H24O/c1-5-7-8-9-10-13-12(6-2)11(3)4/h12H,3,5-10H2,1-2,4H3. The van der Waals surface area contributed by atoms with Crippen molar-refractivity contribution in [3.8, 4) is 0 Å². The highest BCUT2D eigenvalue weighted by Crippen LogP contribution is 2.09. The van der Waals surface area contributed by atoms with Gasteiger partial charge < -0.3 is 4.74 Å². The van der Waals surface area contributed by atoms with Gasteiger partial charge in [0.25, 0.3) is 0 Å². The largest absolute Gasteiger partial charge is 0.374 e. The molecule has 0 aromatic carbocycles. The highest BCUT2D eigenvalue weighted by molar-refractivity contribution is 4.96. The Labute approximate surface area is 83.2 Å². The molecule has 0 N–H and O–H groups in total. The van der Waals surface area contributed by atoms with Crippen LogP contribution in [0.4, 0.5) is 0 Å². The normalized spacial score (nSPS) is 12.8. The maximum absolute atomic E-state index is 5.70. The Hall–Kier alpha value is -0.300. The van der Waals surface area contributed by atoms with Crippen LogP contribution >= 0.6 is 0 Å². The molecule has 1 heteroatoms. The molecule has 0 rings (SSSR count). The van der Waals surface area contributed by atoms with E-state index in [1.165, 1.54) is 25.7 Å². The van der Waals surface area contributed by atoms with Crippen molar-refractivity contribution in [3.05, 3.63) is 12.2 Å². The zero-order chi connectivity index (χ0) is 10.1. The zero-order valence-electron chi connectivity index (χ0n) is 9.44. The van der Waals surface area contributed by atoms with Crippen LogP contribution in [-0.4, -0.2) is 12.7 Å². The number of hydrogen-bond acceptors (Lipinski definition) is 1. The first-order valence-corrected chi connectivity index (χ1v) is 5.49. The Bertz CT molecular complexity index is 129. The molecule has 0 aromatic rings. The first-order chi connectivity index (χ1) is 6.22. The maximum Gasteiger partial charge on any atom is 0.0777 e. The molecule has 0 amide bonds. The van der Waals surface area contributed by atoms with Gasteiger partial charge in [0.15, 0.2) is 0 Å². The summed E-state index contributed by atoms with van der Waals surface area (Å²) in [5.74, 6) is 0. The fraction of sp³-hybridized carbons (Fsp3) is 0.833. The van der Waals surface area contributed by atoms with Crippen molar-refractivity contribution in [2.45, 2.75) is 59.0 Å². The lowest BCUT2D eigenvalue weighted by Crippen LogP contribution is -2.13. The molecule has 0 saturated heterocycles. The summed E-state index contributed by atoms with van der Waals surface area (Å²) in [5, 5.41) is 0. The van der Waals surface area contributed by atoms with E-state index >= 15 is 0 Å². The summed E-state index contributed by atoms with van der Waals surface area (Å²) in [6.07, 6.45) is 6.43. The topological polar surface area (TPSA) is 9.23 Å². The summed E-state index contributed by atoms with van der Waals surface area (Å²) in [6, 6.07) is 0. The Kier molecular flexibility index (Phi) is 8.11. The smallest absolute Gasteiger partial charge is 0.0777 e. The molecule has 0 fully saturated rings. The number of hydrogen-bond donors (Lipinski definition) is 0. The van der Waals surface area contributed by atoms with Gasteiger partial charge in [0.1, 0.15) is 0 Å². The molecule has 0 aliphatic carbocycles. The van der Waals surface area contributed by atoms with Gasteiger partial charge in [-0.1, -0.05) is 45.3 Å². The molecule has 0 bridgehead atoms. The van der Waals surface area contributed by atoms with Gasteiger partial charge in [0, 0.05) is 6.61 Å². The quantitative estimate of drug-likeness (QED) is 0.410. The minimum Gasteiger partial charge on any atom is -0.374 e. The molecule has 0 aliphatic heterocycles. The van der Waals surface area contributed by atoms with Crippen LogP contribution in [0.25, 0.3) is 0 Å². The first-order valence-electron chi connectivity index (χ1n) is 5.49. The zero-order valence-corrected chi connectivity index (χ0v) is 9.44. The third-order valence-corrected chi connectivity index (χ3v) is 2.24. The van der Waals surface area contributed by atoms with Gasteiger partial charge in [-0.2, -0.15) is 0 Å². The van der Waals surface area contributed by atoms with Crippen molar-refractivity contribution in [2.75, 3.05) is 6.61 Å². The van der Waals surface area contributed by atoms with E-state index in [9.17, 15) is 0 Å². The molecule has 0 heterocycles. The van der Waals surface area contributed by atoms with E-state index in [4.69, 9.17) is 4.74 Å². The maximum atomic E-state index is 5.70. The van der Waals surface area contributed by atoms with Crippen molar-refractivity contribution in [1.29, 1.82) is 0 Å². The molecule has 0 saturated carbocycles. The molecular formula is C12H24O. The molecule has 0 radical (unpaired) electrons. The third kappa shape index (κ3) is 6.83. The highest BCUT2D eigenvalue weighted by Gasteiger charge is 2.05. The van der Waals surface area contributed by atoms with E-state index < -0.39 is 0 Å². The fourth-order valence-electron chi connectivity index (χ4n) is 1.36. The van der Waals surface area contributed by atoms with Gasteiger partial charge >= 0.3 is 0 Å². The number of rotatable bonds is 8. The van der Waals surface area contributed by atoms with E-state index in [1.54, 1.807) is 0 Å². The van der Waals surface area contributed by atoms with Crippen LogP contribution in [0.2, 0.25) is 0 Å². The molecule has 0 spiro atoms. The van der Waals surface area contributed by atoms with Crippen molar-refractivity contribution < 1.29 is 4.74 Å². The van der Waals surface area contributed by atoms with Gasteiger partial charge in [-0.3, -0.25) is 0 Å². The van der Waals surface area contributed by atoms with Gasteiger partial charge in [-0.05, 0) is 19.8 Å². The predicted octanol–water partition coefficient (Wildman–Crippen LogP) is 3.94. The van der Waals surface area contributed by atoms with Crippen LogP contribution < -0.4 is 0 Å². The van der Waals surface area contributed by atoms with Crippen LogP contribution in [0, 0.1) is 0 Å². The second-order valence-electron chi connectivity index (χ2n) is 3.67. The van der Waals surface area contributed by atoms with E-state index in [1.807, 2.05) is 6.92 Å². The van der Waals surface area contributed by atoms with Gasteiger partial charge in [0.05, 0.1) is 6.10 Å². The lowest BCUT2D eigenvalue weighted by Gasteiger charge is -2.15. The summed E-state index contributed by atoms with van der Waals surface area (Å²) >= 11 is 0. The summed E-state index contributed by atoms with van der Waals surface area (Å²) in [6.45, 7) is 11.2. The molecular weight excluding hydrogens is 160 g/mol. The van der Waals surface area contributed by atoms with Crippen molar-refractivity contribution in [3.63, 3.8) is 0 Å². The van der Waals surface area contributed by atoms with E-state index in [2.05, 4.69) is 20.4 Å². The van der Waals surface area contributed by atoms with Crippen molar-refractivity contribution >= 4 is 0 Å². The predicted molar refractivity (Wildman–Crippen MR) is 59.0 cm³/mol. The second-order valence-corrected chi connectivity index (χ2v) is 3.67. The lowest BCUT2D eigenvalue weighted by atomic mass is 10.1. The Morgan fingerprint density at radius 2 is 1.92 bits per heavy atom. The summed E-state index contributed by atoms with van der Waals surface area (Å²) in [5.41, 5.74) is 1.15. The molecule has 78 valence electrons. The third-order valence-electron chi connectivity index (χ3n) is 2.24. The summed E-state index contributed by atoms with van der Waals surface area (Å²) in [7, 11) is 0. The van der Waals surface area contributed by atoms with Crippen LogP contribution in [-0.2, 0) is 4.74 Å². The molecule has 0 aromatic heterocycles. The number of ether oxygens (including phenoxy) is 1. The van der Waals surface area contributed by atoms with Crippen LogP contribution in [0.5, 0.6) is 0 Å². The van der Waals surface area contributed by atoms with Crippen LogP contribution in [0.15, 0.2) is 12.2 Å². The van der Waals surface area contributed by atoms with E-state index in [0.717, 1.165) is 18.6 Å². The average Bonchev–Trinajstić information content (AvgIpc) is 2.10. The number of unbranched alkanes of at least 4 members (excludes halogenated alkanes) is 3. The van der Waals surface area contributed by atoms with Crippen molar-refractivity contribution in [1.82, 2.24) is 0 Å². The Balaban J connectivity index is 3.33. The molecule has 0 aliphatic rings. The molecule has 13 heavy (non-hydrogen) atoms. The van der Waals surface area contributed by atoms with Gasteiger partial charge in [-0.25, -0.2) is 0 Å². The van der Waals surface area contributed by atoms with Crippen molar-refractivity contribution in [2.24, 2.45) is 0 Å². The van der Waals surface area contributed by atoms with Gasteiger partial charge in [-0.15, -0.1) is 0 Å².